The molecule has 1 unspecified atom stereocenters. The van der Waals surface area contributed by atoms with E-state index in [-0.39, 0.29) is 6.10 Å². The van der Waals surface area contributed by atoms with Gasteiger partial charge in [0.25, 0.3) is 0 Å². The molecule has 0 amide bonds. The predicted molar refractivity (Wildman–Crippen MR) is 112 cm³/mol. The average molecular weight is 391 g/mol. The van der Waals surface area contributed by atoms with E-state index in [0.717, 1.165) is 43.7 Å². The third-order valence-corrected chi connectivity index (χ3v) is 5.09. The number of aliphatic imine (C=N–C) groups is 1. The monoisotopic (exact) mass is 390 g/mol. The number of thiocarbonyl (C=S) groups is 1. The van der Waals surface area contributed by atoms with Crippen LogP contribution in [-0.4, -0.2) is 46.3 Å². The molecule has 0 radical (unpaired) electrons. The van der Waals surface area contributed by atoms with E-state index in [1.165, 1.54) is 19.3 Å². The highest BCUT2D eigenvalue weighted by Crippen LogP contribution is 2.20. The van der Waals surface area contributed by atoms with Crippen LogP contribution in [0.25, 0.3) is 0 Å². The second-order valence-electron chi connectivity index (χ2n) is 7.34. The molecule has 2 heterocycles. The molecule has 1 aliphatic carbocycles. The summed E-state index contributed by atoms with van der Waals surface area (Å²) in [4.78, 5) is 13.8. The number of aromatic nitrogens is 2. The van der Waals surface area contributed by atoms with Crippen LogP contribution in [-0.2, 0) is 4.74 Å². The molecule has 1 aromatic rings. The first-order valence-electron chi connectivity index (χ1n) is 9.92. The Hall–Kier alpha value is -1.80. The van der Waals surface area contributed by atoms with Crippen LogP contribution in [0.5, 0.6) is 0 Å². The fourth-order valence-electron chi connectivity index (χ4n) is 3.54. The number of anilines is 1. The van der Waals surface area contributed by atoms with Crippen molar-refractivity contribution in [3.05, 3.63) is 17.5 Å². The second kappa shape index (κ2) is 9.94. The zero-order chi connectivity index (χ0) is 19.1. The molecule has 0 spiro atoms. The number of hydrogen-bond donors (Lipinski definition) is 3. The zero-order valence-corrected chi connectivity index (χ0v) is 17.1. The van der Waals surface area contributed by atoms with Crippen LogP contribution in [0.1, 0.15) is 56.3 Å². The van der Waals surface area contributed by atoms with Gasteiger partial charge in [0.15, 0.2) is 5.11 Å². The largest absolute Gasteiger partial charge is 0.376 e. The Balaban J connectivity index is 1.64. The van der Waals surface area contributed by atoms with Crippen molar-refractivity contribution in [1.82, 2.24) is 20.6 Å². The van der Waals surface area contributed by atoms with E-state index in [2.05, 4.69) is 25.9 Å². The molecule has 3 rings (SSSR count). The minimum Gasteiger partial charge on any atom is -0.376 e. The summed E-state index contributed by atoms with van der Waals surface area (Å²) in [6.07, 6.45) is 8.39. The van der Waals surface area contributed by atoms with Gasteiger partial charge in [0, 0.05) is 24.5 Å². The highest BCUT2D eigenvalue weighted by Gasteiger charge is 2.17. The lowest BCUT2D eigenvalue weighted by atomic mass is 9.96. The Kier molecular flexibility index (Phi) is 7.34. The third-order valence-electron chi connectivity index (χ3n) is 4.85. The molecule has 1 aromatic heterocycles. The topological polar surface area (TPSA) is 83.5 Å². The molecular formula is C19H30N6OS. The van der Waals surface area contributed by atoms with Crippen LogP contribution < -0.4 is 16.0 Å². The minimum absolute atomic E-state index is 0.235. The van der Waals surface area contributed by atoms with Gasteiger partial charge in [-0.3, -0.25) is 5.32 Å². The van der Waals surface area contributed by atoms with Gasteiger partial charge in [0.1, 0.15) is 0 Å². The van der Waals surface area contributed by atoms with E-state index in [0.29, 0.717) is 29.6 Å². The second-order valence-corrected chi connectivity index (χ2v) is 7.75. The van der Waals surface area contributed by atoms with Crippen molar-refractivity contribution in [1.29, 1.82) is 0 Å². The van der Waals surface area contributed by atoms with Gasteiger partial charge in [-0.2, -0.15) is 0 Å². The van der Waals surface area contributed by atoms with Crippen molar-refractivity contribution in [2.24, 2.45) is 4.99 Å². The smallest absolute Gasteiger partial charge is 0.229 e. The van der Waals surface area contributed by atoms with Gasteiger partial charge < -0.3 is 15.4 Å². The van der Waals surface area contributed by atoms with Crippen molar-refractivity contribution in [2.45, 2.75) is 70.9 Å². The SMILES string of the molecule is Cc1cc(C)nc(NC(=NC2CCCCC2)NC(=S)NCC2CCCO2)n1. The first kappa shape index (κ1) is 19.9. The first-order chi connectivity index (χ1) is 13.1. The number of nitrogens with zero attached hydrogens (tertiary/aromatic N) is 3. The molecule has 7 nitrogen and oxygen atoms in total. The maximum Gasteiger partial charge on any atom is 0.229 e. The molecule has 148 valence electrons. The highest BCUT2D eigenvalue weighted by molar-refractivity contribution is 7.80. The van der Waals surface area contributed by atoms with Crippen molar-refractivity contribution >= 4 is 29.2 Å². The zero-order valence-electron chi connectivity index (χ0n) is 16.3. The highest BCUT2D eigenvalue weighted by atomic mass is 32.1. The number of guanidine groups is 1. The fraction of sp³-hybridized carbons (Fsp3) is 0.684. The number of rotatable bonds is 4. The summed E-state index contributed by atoms with van der Waals surface area (Å²) in [5, 5.41) is 10.2. The summed E-state index contributed by atoms with van der Waals surface area (Å²) < 4.78 is 5.64. The molecule has 1 aliphatic heterocycles. The maximum absolute atomic E-state index is 5.64. The van der Waals surface area contributed by atoms with Crippen LogP contribution in [0, 0.1) is 13.8 Å². The minimum atomic E-state index is 0.235. The van der Waals surface area contributed by atoms with Crippen LogP contribution >= 0.6 is 12.2 Å². The Morgan fingerprint density at radius 3 is 2.56 bits per heavy atom. The summed E-state index contributed by atoms with van der Waals surface area (Å²) in [6, 6.07) is 2.25. The number of nitrogens with one attached hydrogen (secondary N) is 3. The summed E-state index contributed by atoms with van der Waals surface area (Å²) in [5.74, 6) is 1.15. The molecule has 0 bridgehead atoms. The van der Waals surface area contributed by atoms with Crippen LogP contribution in [0.3, 0.4) is 0 Å². The molecule has 8 heteroatoms. The molecule has 27 heavy (non-hydrogen) atoms. The predicted octanol–water partition coefficient (Wildman–Crippen LogP) is 2.84. The van der Waals surface area contributed by atoms with Gasteiger partial charge in [-0.05, 0) is 57.8 Å². The van der Waals surface area contributed by atoms with Crippen molar-refractivity contribution in [2.75, 3.05) is 18.5 Å². The lowest BCUT2D eigenvalue weighted by molar-refractivity contribution is 0.114. The summed E-state index contributed by atoms with van der Waals surface area (Å²) in [7, 11) is 0. The Morgan fingerprint density at radius 2 is 1.89 bits per heavy atom. The summed E-state index contributed by atoms with van der Waals surface area (Å²) >= 11 is 5.46. The van der Waals surface area contributed by atoms with E-state index in [9.17, 15) is 0 Å². The summed E-state index contributed by atoms with van der Waals surface area (Å²) in [6.45, 7) is 5.47. The van der Waals surface area contributed by atoms with E-state index in [1.54, 1.807) is 0 Å². The average Bonchev–Trinajstić information content (AvgIpc) is 3.13. The van der Waals surface area contributed by atoms with E-state index >= 15 is 0 Å². The molecule has 2 fully saturated rings. The quantitative estimate of drug-likeness (QED) is 0.414. The number of aryl methyl sites for hydroxylation is 2. The normalized spacial score (nSPS) is 21.1. The first-order valence-corrected chi connectivity index (χ1v) is 10.3. The molecule has 3 N–H and O–H groups in total. The van der Waals surface area contributed by atoms with E-state index < -0.39 is 0 Å². The fourth-order valence-corrected chi connectivity index (χ4v) is 3.72. The number of ether oxygens (including phenoxy) is 1. The number of hydrogen-bond acceptors (Lipinski definition) is 5. The standard InChI is InChI=1S/C19H30N6OS/c1-13-11-14(2)22-17(21-13)24-18(23-15-7-4-3-5-8-15)25-19(27)20-12-16-9-6-10-26-16/h11,15-16H,3-10,12H2,1-2H3,(H3,20,21,22,23,24,25,27). The molecule has 1 saturated heterocycles. The van der Waals surface area contributed by atoms with Gasteiger partial charge >= 0.3 is 0 Å². The molecule has 1 saturated carbocycles. The third kappa shape index (κ3) is 6.70. The maximum atomic E-state index is 5.64. The van der Waals surface area contributed by atoms with Crippen LogP contribution in [0.15, 0.2) is 11.1 Å². The Morgan fingerprint density at radius 1 is 1.15 bits per heavy atom. The Bertz CT molecular complexity index is 648. The summed E-state index contributed by atoms with van der Waals surface area (Å²) in [5.41, 5.74) is 1.84. The van der Waals surface area contributed by atoms with Crippen molar-refractivity contribution in [3.8, 4) is 0 Å². The van der Waals surface area contributed by atoms with Gasteiger partial charge in [0.2, 0.25) is 11.9 Å². The van der Waals surface area contributed by atoms with Crippen LogP contribution in [0.2, 0.25) is 0 Å². The molecule has 2 aliphatic rings. The van der Waals surface area contributed by atoms with Gasteiger partial charge in [-0.25, -0.2) is 15.0 Å². The van der Waals surface area contributed by atoms with E-state index in [4.69, 9.17) is 21.9 Å². The molecule has 0 aromatic carbocycles. The molecular weight excluding hydrogens is 360 g/mol. The van der Waals surface area contributed by atoms with Crippen LogP contribution in [0.4, 0.5) is 5.95 Å². The van der Waals surface area contributed by atoms with Gasteiger partial charge in [-0.15, -0.1) is 0 Å². The van der Waals surface area contributed by atoms with Crippen molar-refractivity contribution < 1.29 is 4.74 Å². The van der Waals surface area contributed by atoms with E-state index in [1.807, 2.05) is 19.9 Å². The Labute approximate surface area is 166 Å². The van der Waals surface area contributed by atoms with Gasteiger partial charge in [-0.1, -0.05) is 19.3 Å². The van der Waals surface area contributed by atoms with Gasteiger partial charge in [0.05, 0.1) is 12.1 Å². The molecule has 1 atom stereocenters. The lowest BCUT2D eigenvalue weighted by Gasteiger charge is -2.21. The lowest BCUT2D eigenvalue weighted by Crippen LogP contribution is -2.45. The van der Waals surface area contributed by atoms with Crippen molar-refractivity contribution in [3.63, 3.8) is 0 Å².